The van der Waals surface area contributed by atoms with Gasteiger partial charge < -0.3 is 10.1 Å². The van der Waals surface area contributed by atoms with Gasteiger partial charge in [-0.2, -0.15) is 5.10 Å². The molecule has 6 nitrogen and oxygen atoms in total. The summed E-state index contributed by atoms with van der Waals surface area (Å²) in [6.45, 7) is 0.556. The van der Waals surface area contributed by atoms with Crippen LogP contribution in [-0.2, 0) is 6.54 Å². The molecule has 0 atom stereocenters. The van der Waals surface area contributed by atoms with Crippen LogP contribution in [-0.4, -0.2) is 27.8 Å². The van der Waals surface area contributed by atoms with Gasteiger partial charge in [-0.3, -0.25) is 14.5 Å². The van der Waals surface area contributed by atoms with Crippen molar-refractivity contribution < 1.29 is 9.53 Å². The molecule has 0 saturated heterocycles. The number of amides is 1. The van der Waals surface area contributed by atoms with E-state index in [-0.39, 0.29) is 5.91 Å². The van der Waals surface area contributed by atoms with E-state index >= 15 is 0 Å². The molecule has 2 aromatic heterocycles. The Hall–Kier alpha value is -4.45. The zero-order chi connectivity index (χ0) is 22.6. The van der Waals surface area contributed by atoms with Crippen LogP contribution in [0.5, 0.6) is 5.75 Å². The number of nitrogens with one attached hydrogen (secondary N) is 1. The standard InChI is InChI=1S/C27H22N4O2/c1-33-22-13-5-11-21(16-22)25-23(18-31(30-25)17-19-8-3-2-4-9-19)27(32)29-24-14-6-10-20-12-7-15-28-26(20)24/h2-16,18H,17H2,1H3,(H,29,32). The number of carbonyl (C=O) groups is 1. The first-order valence-corrected chi connectivity index (χ1v) is 10.6. The second-order valence-corrected chi connectivity index (χ2v) is 7.64. The van der Waals surface area contributed by atoms with Crippen molar-refractivity contribution in [2.24, 2.45) is 0 Å². The van der Waals surface area contributed by atoms with Crippen molar-refractivity contribution in [3.05, 3.63) is 108 Å². The maximum Gasteiger partial charge on any atom is 0.259 e. The number of fused-ring (bicyclic) bond motifs is 1. The Bertz CT molecular complexity index is 1420. The van der Waals surface area contributed by atoms with Crippen molar-refractivity contribution in [3.63, 3.8) is 0 Å². The lowest BCUT2D eigenvalue weighted by atomic mass is 10.1. The number of carbonyl (C=O) groups excluding carboxylic acids is 1. The predicted molar refractivity (Wildman–Crippen MR) is 129 cm³/mol. The van der Waals surface area contributed by atoms with Crippen LogP contribution in [0.2, 0.25) is 0 Å². The molecule has 0 aliphatic heterocycles. The van der Waals surface area contributed by atoms with Crippen molar-refractivity contribution >= 4 is 22.5 Å². The summed E-state index contributed by atoms with van der Waals surface area (Å²) in [5.74, 6) is 0.458. The van der Waals surface area contributed by atoms with Gasteiger partial charge in [0, 0.05) is 23.3 Å². The molecular weight excluding hydrogens is 412 g/mol. The monoisotopic (exact) mass is 434 g/mol. The largest absolute Gasteiger partial charge is 0.497 e. The Morgan fingerprint density at radius 1 is 0.970 bits per heavy atom. The van der Waals surface area contributed by atoms with E-state index in [1.807, 2.05) is 84.9 Å². The van der Waals surface area contributed by atoms with Crippen molar-refractivity contribution in [1.29, 1.82) is 0 Å². The van der Waals surface area contributed by atoms with Crippen LogP contribution < -0.4 is 10.1 Å². The van der Waals surface area contributed by atoms with Gasteiger partial charge in [-0.25, -0.2) is 0 Å². The zero-order valence-corrected chi connectivity index (χ0v) is 18.1. The highest BCUT2D eigenvalue weighted by molar-refractivity contribution is 6.11. The fourth-order valence-corrected chi connectivity index (χ4v) is 3.82. The van der Waals surface area contributed by atoms with Crippen LogP contribution in [0.4, 0.5) is 5.69 Å². The molecule has 0 aliphatic rings. The summed E-state index contributed by atoms with van der Waals surface area (Å²) in [5, 5.41) is 8.75. The van der Waals surface area contributed by atoms with E-state index in [2.05, 4.69) is 10.3 Å². The smallest absolute Gasteiger partial charge is 0.259 e. The van der Waals surface area contributed by atoms with Crippen LogP contribution in [0, 0.1) is 0 Å². The highest BCUT2D eigenvalue weighted by atomic mass is 16.5. The minimum atomic E-state index is -0.245. The van der Waals surface area contributed by atoms with Crippen LogP contribution in [0.15, 0.2) is 97.3 Å². The first-order chi connectivity index (χ1) is 16.2. The summed E-state index contributed by atoms with van der Waals surface area (Å²) in [6.07, 6.45) is 3.51. The Kier molecular flexibility index (Phi) is 5.55. The summed E-state index contributed by atoms with van der Waals surface area (Å²) in [6, 6.07) is 27.2. The van der Waals surface area contributed by atoms with Gasteiger partial charge in [0.2, 0.25) is 0 Å². The number of para-hydroxylation sites is 1. The molecule has 0 aliphatic carbocycles. The van der Waals surface area contributed by atoms with Crippen LogP contribution in [0.1, 0.15) is 15.9 Å². The number of pyridine rings is 1. The van der Waals surface area contributed by atoms with Gasteiger partial charge in [-0.05, 0) is 29.8 Å². The first kappa shape index (κ1) is 20.5. The lowest BCUT2D eigenvalue weighted by Gasteiger charge is -2.08. The third-order valence-corrected chi connectivity index (χ3v) is 5.42. The number of aromatic nitrogens is 3. The summed E-state index contributed by atoms with van der Waals surface area (Å²) in [5.41, 5.74) is 4.38. The third-order valence-electron chi connectivity index (χ3n) is 5.42. The molecule has 0 bridgehead atoms. The second kappa shape index (κ2) is 8.96. The van der Waals surface area contributed by atoms with Crippen molar-refractivity contribution in [2.75, 3.05) is 12.4 Å². The maximum absolute atomic E-state index is 13.4. The molecule has 0 fully saturated rings. The highest BCUT2D eigenvalue weighted by Gasteiger charge is 2.20. The van der Waals surface area contributed by atoms with Gasteiger partial charge in [-0.1, -0.05) is 60.7 Å². The minimum Gasteiger partial charge on any atom is -0.497 e. The molecule has 1 N–H and O–H groups in total. The minimum absolute atomic E-state index is 0.245. The van der Waals surface area contributed by atoms with Crippen LogP contribution in [0.3, 0.4) is 0 Å². The zero-order valence-electron chi connectivity index (χ0n) is 18.1. The van der Waals surface area contributed by atoms with E-state index in [1.165, 1.54) is 0 Å². The summed E-state index contributed by atoms with van der Waals surface area (Å²) < 4.78 is 7.17. The molecule has 0 spiro atoms. The molecule has 5 aromatic rings. The second-order valence-electron chi connectivity index (χ2n) is 7.64. The Labute approximate surface area is 191 Å². The van der Waals surface area contributed by atoms with E-state index in [9.17, 15) is 4.79 Å². The number of methoxy groups -OCH3 is 1. The van der Waals surface area contributed by atoms with Crippen molar-refractivity contribution in [3.8, 4) is 17.0 Å². The Balaban J connectivity index is 1.54. The third kappa shape index (κ3) is 4.32. The van der Waals surface area contributed by atoms with Crippen LogP contribution in [0.25, 0.3) is 22.2 Å². The molecule has 6 heteroatoms. The van der Waals surface area contributed by atoms with Gasteiger partial charge in [0.25, 0.3) is 5.91 Å². The first-order valence-electron chi connectivity index (χ1n) is 10.6. The quantitative estimate of drug-likeness (QED) is 0.388. The van der Waals surface area contributed by atoms with Gasteiger partial charge in [0.15, 0.2) is 0 Å². The number of rotatable bonds is 6. The van der Waals surface area contributed by atoms with Gasteiger partial charge in [0.1, 0.15) is 11.4 Å². The average molecular weight is 434 g/mol. The fourth-order valence-electron chi connectivity index (χ4n) is 3.82. The molecule has 162 valence electrons. The molecule has 33 heavy (non-hydrogen) atoms. The summed E-state index contributed by atoms with van der Waals surface area (Å²) >= 11 is 0. The molecule has 0 radical (unpaired) electrons. The molecule has 2 heterocycles. The number of anilines is 1. The van der Waals surface area contributed by atoms with E-state index in [1.54, 1.807) is 24.2 Å². The summed E-state index contributed by atoms with van der Waals surface area (Å²) in [7, 11) is 1.62. The van der Waals surface area contributed by atoms with Crippen molar-refractivity contribution in [2.45, 2.75) is 6.54 Å². The normalized spacial score (nSPS) is 10.8. The van der Waals surface area contributed by atoms with Crippen molar-refractivity contribution in [1.82, 2.24) is 14.8 Å². The number of nitrogens with zero attached hydrogens (tertiary/aromatic N) is 3. The lowest BCUT2D eigenvalue weighted by molar-refractivity contribution is 0.102. The predicted octanol–water partition coefficient (Wildman–Crippen LogP) is 5.41. The molecule has 1 amide bonds. The highest BCUT2D eigenvalue weighted by Crippen LogP contribution is 2.28. The van der Waals surface area contributed by atoms with E-state index in [4.69, 9.17) is 9.84 Å². The number of ether oxygens (including phenoxy) is 1. The number of benzene rings is 3. The molecule has 0 saturated carbocycles. The SMILES string of the molecule is COc1cccc(-c2nn(Cc3ccccc3)cc2C(=O)Nc2cccc3cccnc23)c1. The molecule has 5 rings (SSSR count). The van der Waals surface area contributed by atoms with Gasteiger partial charge in [0.05, 0.1) is 30.4 Å². The van der Waals surface area contributed by atoms with Crippen LogP contribution >= 0.6 is 0 Å². The molecular formula is C27H22N4O2. The molecule has 0 unspecified atom stereocenters. The maximum atomic E-state index is 13.4. The number of hydrogen-bond acceptors (Lipinski definition) is 4. The molecule has 3 aromatic carbocycles. The lowest BCUT2D eigenvalue weighted by Crippen LogP contribution is -2.13. The van der Waals surface area contributed by atoms with E-state index in [0.29, 0.717) is 29.2 Å². The van der Waals surface area contributed by atoms with Gasteiger partial charge in [-0.15, -0.1) is 0 Å². The topological polar surface area (TPSA) is 69.0 Å². The van der Waals surface area contributed by atoms with Gasteiger partial charge >= 0.3 is 0 Å². The number of hydrogen-bond donors (Lipinski definition) is 1. The Morgan fingerprint density at radius 2 is 1.79 bits per heavy atom. The average Bonchev–Trinajstić information content (AvgIpc) is 3.29. The van der Waals surface area contributed by atoms with E-state index in [0.717, 1.165) is 22.0 Å². The van der Waals surface area contributed by atoms with E-state index < -0.39 is 0 Å². The fraction of sp³-hybridized carbons (Fsp3) is 0.0741. The Morgan fingerprint density at radius 3 is 2.64 bits per heavy atom. The summed E-state index contributed by atoms with van der Waals surface area (Å²) in [4.78, 5) is 17.9.